The van der Waals surface area contributed by atoms with Gasteiger partial charge in [0.2, 0.25) is 0 Å². The molecule has 35 heavy (non-hydrogen) atoms. The molecule has 184 valence electrons. The maximum atomic E-state index is 13.2. The molecular weight excluding hydrogens is 460 g/mol. The van der Waals surface area contributed by atoms with Gasteiger partial charge in [-0.05, 0) is 47.4 Å². The molecule has 7 nitrogen and oxygen atoms in total. The Morgan fingerprint density at radius 3 is 2.31 bits per heavy atom. The van der Waals surface area contributed by atoms with Crippen molar-refractivity contribution in [3.63, 3.8) is 0 Å². The number of nitrogens with one attached hydrogen (secondary N) is 3. The highest BCUT2D eigenvalue weighted by molar-refractivity contribution is 7.92. The third-order valence-electron chi connectivity index (χ3n) is 6.10. The molecule has 1 heterocycles. The van der Waals surface area contributed by atoms with Gasteiger partial charge >= 0.3 is 0 Å². The Bertz CT molecular complexity index is 1250. The first-order chi connectivity index (χ1) is 16.8. The molecule has 0 spiro atoms. The van der Waals surface area contributed by atoms with Crippen LogP contribution in [-0.2, 0) is 16.6 Å². The summed E-state index contributed by atoms with van der Waals surface area (Å²) < 4.78 is 28.7. The molecule has 0 radical (unpaired) electrons. The van der Waals surface area contributed by atoms with Crippen molar-refractivity contribution in [1.82, 2.24) is 10.6 Å². The van der Waals surface area contributed by atoms with Crippen LogP contribution in [0.3, 0.4) is 0 Å². The van der Waals surface area contributed by atoms with Gasteiger partial charge in [0.25, 0.3) is 15.9 Å². The third kappa shape index (κ3) is 6.21. The van der Waals surface area contributed by atoms with E-state index in [4.69, 9.17) is 0 Å². The highest BCUT2D eigenvalue weighted by Crippen LogP contribution is 2.27. The van der Waals surface area contributed by atoms with E-state index in [2.05, 4.69) is 34.1 Å². The Morgan fingerprint density at radius 2 is 1.66 bits per heavy atom. The predicted octanol–water partition coefficient (Wildman–Crippen LogP) is 3.95. The largest absolute Gasteiger partial charge is 0.368 e. The molecule has 0 saturated carbocycles. The molecule has 0 aromatic heterocycles. The number of hydrogen-bond acceptors (Lipinski definition) is 5. The van der Waals surface area contributed by atoms with Crippen LogP contribution in [-0.4, -0.2) is 40.5 Å². The molecule has 3 N–H and O–H groups in total. The lowest BCUT2D eigenvalue weighted by Gasteiger charge is -2.31. The summed E-state index contributed by atoms with van der Waals surface area (Å²) in [7, 11) is -3.80. The Hall–Kier alpha value is -3.36. The summed E-state index contributed by atoms with van der Waals surface area (Å²) in [5.74, 6) is 0.0684. The fourth-order valence-electron chi connectivity index (χ4n) is 4.08. The average Bonchev–Trinajstić information content (AvgIpc) is 2.88. The average molecular weight is 493 g/mol. The lowest BCUT2D eigenvalue weighted by atomic mass is 10.0. The van der Waals surface area contributed by atoms with Crippen LogP contribution in [0.4, 0.5) is 11.4 Å². The number of amides is 1. The molecule has 1 aliphatic heterocycles. The van der Waals surface area contributed by atoms with Crippen molar-refractivity contribution in [2.45, 2.75) is 31.2 Å². The summed E-state index contributed by atoms with van der Waals surface area (Å²) in [5.41, 5.74) is 3.65. The van der Waals surface area contributed by atoms with E-state index in [1.165, 1.54) is 0 Å². The van der Waals surface area contributed by atoms with Gasteiger partial charge in [-0.25, -0.2) is 8.42 Å². The summed E-state index contributed by atoms with van der Waals surface area (Å²) in [6.45, 7) is 7.70. The van der Waals surface area contributed by atoms with E-state index >= 15 is 0 Å². The number of rotatable bonds is 8. The number of hydrogen-bond donors (Lipinski definition) is 3. The summed E-state index contributed by atoms with van der Waals surface area (Å²) in [6.07, 6.45) is 0. The fourth-order valence-corrected chi connectivity index (χ4v) is 5.13. The quantitative estimate of drug-likeness (QED) is 0.443. The number of piperazine rings is 1. The maximum absolute atomic E-state index is 13.2. The van der Waals surface area contributed by atoms with Gasteiger partial charge < -0.3 is 15.5 Å². The normalized spacial score (nSPS) is 14.1. The summed E-state index contributed by atoms with van der Waals surface area (Å²) in [6, 6.07) is 21.7. The molecule has 1 fully saturated rings. The van der Waals surface area contributed by atoms with Crippen molar-refractivity contribution < 1.29 is 13.2 Å². The molecule has 3 aromatic rings. The van der Waals surface area contributed by atoms with E-state index in [9.17, 15) is 13.2 Å². The van der Waals surface area contributed by atoms with E-state index in [1.807, 2.05) is 48.5 Å². The number of carbonyl (C=O) groups excluding carboxylic acids is 1. The lowest BCUT2D eigenvalue weighted by Crippen LogP contribution is -2.44. The molecule has 0 unspecified atom stereocenters. The number of nitrogens with zero attached hydrogens (tertiary/aromatic N) is 1. The van der Waals surface area contributed by atoms with Gasteiger partial charge in [-0.15, -0.1) is 0 Å². The highest BCUT2D eigenvalue weighted by Gasteiger charge is 2.21. The van der Waals surface area contributed by atoms with Crippen LogP contribution in [0.15, 0.2) is 77.7 Å². The van der Waals surface area contributed by atoms with E-state index in [0.29, 0.717) is 23.7 Å². The van der Waals surface area contributed by atoms with Crippen LogP contribution in [0.25, 0.3) is 0 Å². The van der Waals surface area contributed by atoms with Crippen molar-refractivity contribution >= 4 is 27.3 Å². The van der Waals surface area contributed by atoms with E-state index in [-0.39, 0.29) is 10.8 Å². The van der Waals surface area contributed by atoms with Crippen molar-refractivity contribution in [3.8, 4) is 0 Å². The topological polar surface area (TPSA) is 90.5 Å². The first-order valence-electron chi connectivity index (χ1n) is 11.9. The predicted molar refractivity (Wildman–Crippen MR) is 140 cm³/mol. The molecule has 4 rings (SSSR count). The van der Waals surface area contributed by atoms with Crippen LogP contribution >= 0.6 is 0 Å². The molecule has 0 bridgehead atoms. The zero-order valence-corrected chi connectivity index (χ0v) is 20.9. The standard InChI is InChI=1S/C27H32N4O3S/c1-20(2)22-8-11-24(12-9-22)35(33,34)30-23-10-13-26(31-16-14-28-15-17-31)25(18-23)27(32)29-19-21-6-4-3-5-7-21/h3-13,18,20,28,30H,14-17,19H2,1-2H3,(H,29,32). The van der Waals surface area contributed by atoms with Crippen LogP contribution in [0.5, 0.6) is 0 Å². The first kappa shape index (κ1) is 24.8. The minimum absolute atomic E-state index is 0.183. The fraction of sp³-hybridized carbons (Fsp3) is 0.296. The van der Waals surface area contributed by atoms with Crippen molar-refractivity contribution in [3.05, 3.63) is 89.5 Å². The van der Waals surface area contributed by atoms with Gasteiger partial charge in [0.1, 0.15) is 0 Å². The van der Waals surface area contributed by atoms with Crippen LogP contribution in [0.1, 0.15) is 41.3 Å². The molecular formula is C27H32N4O3S. The Balaban J connectivity index is 1.59. The van der Waals surface area contributed by atoms with Crippen molar-refractivity contribution in [2.24, 2.45) is 0 Å². The monoisotopic (exact) mass is 492 g/mol. The van der Waals surface area contributed by atoms with Gasteiger partial charge in [0, 0.05) is 44.1 Å². The second-order valence-electron chi connectivity index (χ2n) is 8.97. The Labute approximate surface area is 207 Å². The number of sulfonamides is 1. The Morgan fingerprint density at radius 1 is 0.971 bits per heavy atom. The smallest absolute Gasteiger partial charge is 0.261 e. The van der Waals surface area contributed by atoms with E-state index in [1.54, 1.807) is 24.3 Å². The second-order valence-corrected chi connectivity index (χ2v) is 10.6. The SMILES string of the molecule is CC(C)c1ccc(S(=O)(=O)Nc2ccc(N3CCNCC3)c(C(=O)NCc3ccccc3)c2)cc1. The minimum atomic E-state index is -3.80. The number of carbonyl (C=O) groups is 1. The lowest BCUT2D eigenvalue weighted by molar-refractivity contribution is 0.0951. The van der Waals surface area contributed by atoms with E-state index in [0.717, 1.165) is 43.0 Å². The van der Waals surface area contributed by atoms with Crippen LogP contribution < -0.4 is 20.3 Å². The molecule has 3 aromatic carbocycles. The molecule has 8 heteroatoms. The number of anilines is 2. The van der Waals surface area contributed by atoms with Gasteiger partial charge in [0.05, 0.1) is 10.5 Å². The zero-order valence-electron chi connectivity index (χ0n) is 20.1. The third-order valence-corrected chi connectivity index (χ3v) is 7.50. The highest BCUT2D eigenvalue weighted by atomic mass is 32.2. The molecule has 1 amide bonds. The van der Waals surface area contributed by atoms with Gasteiger partial charge in [-0.2, -0.15) is 0 Å². The summed E-state index contributed by atoms with van der Waals surface area (Å²) in [4.78, 5) is 15.6. The Kier molecular flexibility index (Phi) is 7.73. The first-order valence-corrected chi connectivity index (χ1v) is 13.4. The van der Waals surface area contributed by atoms with Gasteiger partial charge in [-0.1, -0.05) is 56.3 Å². The van der Waals surface area contributed by atoms with E-state index < -0.39 is 10.0 Å². The second kappa shape index (κ2) is 10.9. The summed E-state index contributed by atoms with van der Waals surface area (Å²) in [5, 5.41) is 6.29. The van der Waals surface area contributed by atoms with Crippen molar-refractivity contribution in [1.29, 1.82) is 0 Å². The molecule has 1 aliphatic rings. The zero-order chi connectivity index (χ0) is 24.8. The van der Waals surface area contributed by atoms with Crippen LogP contribution in [0, 0.1) is 0 Å². The summed E-state index contributed by atoms with van der Waals surface area (Å²) >= 11 is 0. The molecule has 0 atom stereocenters. The molecule has 1 saturated heterocycles. The van der Waals surface area contributed by atoms with Gasteiger partial charge in [-0.3, -0.25) is 9.52 Å². The number of benzene rings is 3. The van der Waals surface area contributed by atoms with Crippen LogP contribution in [0.2, 0.25) is 0 Å². The maximum Gasteiger partial charge on any atom is 0.261 e. The van der Waals surface area contributed by atoms with Crippen molar-refractivity contribution in [2.75, 3.05) is 35.8 Å². The minimum Gasteiger partial charge on any atom is -0.368 e. The molecule has 0 aliphatic carbocycles. The van der Waals surface area contributed by atoms with Gasteiger partial charge in [0.15, 0.2) is 0 Å².